The summed E-state index contributed by atoms with van der Waals surface area (Å²) in [5.41, 5.74) is 0.422. The molecule has 1 N–H and O–H groups in total. The molecule has 0 spiro atoms. The minimum atomic E-state index is -0.765. The lowest BCUT2D eigenvalue weighted by Crippen LogP contribution is -2.39. The summed E-state index contributed by atoms with van der Waals surface area (Å²) in [6, 6.07) is -0.762. The first-order chi connectivity index (χ1) is 12.7. The second kappa shape index (κ2) is 11.9. The van der Waals surface area contributed by atoms with Gasteiger partial charge in [0.1, 0.15) is 6.10 Å². The number of hydrogen-bond acceptors (Lipinski definition) is 7. The first-order valence-electron chi connectivity index (χ1n) is 9.63. The maximum Gasteiger partial charge on any atom is 0.256 e. The predicted octanol–water partition coefficient (Wildman–Crippen LogP) is 4.24. The number of hydrogen-bond donors (Lipinski definition) is 1. The van der Waals surface area contributed by atoms with E-state index in [9.17, 15) is 25.3 Å². The van der Waals surface area contributed by atoms with Crippen LogP contribution in [0.5, 0.6) is 0 Å². The fraction of sp³-hybridized carbons (Fsp3) is 0.889. The predicted molar refractivity (Wildman–Crippen MR) is 113 cm³/mol. The van der Waals surface area contributed by atoms with Gasteiger partial charge in [-0.1, -0.05) is 40.5 Å². The summed E-state index contributed by atoms with van der Waals surface area (Å²) in [6.07, 6.45) is 5.19. The minimum Gasteiger partial charge on any atom is -0.385 e. The van der Waals surface area contributed by atoms with Crippen LogP contribution in [0.2, 0.25) is 0 Å². The number of nitro groups is 2. The fourth-order valence-electron chi connectivity index (χ4n) is 3.69. The van der Waals surface area contributed by atoms with Gasteiger partial charge in [0.05, 0.1) is 15.4 Å². The molecule has 156 valence electrons. The van der Waals surface area contributed by atoms with Gasteiger partial charge in [-0.15, -0.1) is 23.5 Å². The van der Waals surface area contributed by atoms with Crippen LogP contribution in [0.25, 0.3) is 0 Å². The molecule has 27 heavy (non-hydrogen) atoms. The molecule has 1 saturated heterocycles. The van der Waals surface area contributed by atoms with Crippen LogP contribution in [-0.4, -0.2) is 49.1 Å². The Morgan fingerprint density at radius 1 is 1.15 bits per heavy atom. The van der Waals surface area contributed by atoms with Gasteiger partial charge in [-0.2, -0.15) is 0 Å². The number of aliphatic hydroxyl groups excluding tert-OH is 1. The largest absolute Gasteiger partial charge is 0.385 e. The van der Waals surface area contributed by atoms with E-state index in [0.717, 1.165) is 31.4 Å². The van der Waals surface area contributed by atoms with E-state index in [4.69, 9.17) is 0 Å². The maximum atomic E-state index is 10.8. The van der Waals surface area contributed by atoms with Crippen molar-refractivity contribution in [3.8, 4) is 0 Å². The van der Waals surface area contributed by atoms with E-state index in [2.05, 4.69) is 20.8 Å². The van der Waals surface area contributed by atoms with Gasteiger partial charge >= 0.3 is 0 Å². The zero-order chi connectivity index (χ0) is 20.6. The molecule has 0 aliphatic carbocycles. The molecular formula is C18H32N2O5S2. The van der Waals surface area contributed by atoms with E-state index < -0.39 is 12.1 Å². The number of nitrogens with zero attached hydrogens (tertiary/aromatic N) is 2. The molecule has 0 aromatic heterocycles. The summed E-state index contributed by atoms with van der Waals surface area (Å²) in [7, 11) is 0. The molecule has 2 aliphatic heterocycles. The van der Waals surface area contributed by atoms with Gasteiger partial charge in [-0.25, -0.2) is 0 Å². The first kappa shape index (κ1) is 24.2. The number of aliphatic hydroxyl groups is 1. The fourth-order valence-corrected chi connectivity index (χ4v) is 6.54. The summed E-state index contributed by atoms with van der Waals surface area (Å²) in [4.78, 5) is 20.9. The molecule has 9 heteroatoms. The Bertz CT molecular complexity index is 532. The highest BCUT2D eigenvalue weighted by Gasteiger charge is 2.46. The lowest BCUT2D eigenvalue weighted by molar-refractivity contribution is -0.532. The normalized spacial score (nSPS) is 29.4. The van der Waals surface area contributed by atoms with Crippen LogP contribution in [0, 0.1) is 32.1 Å². The average molecular weight is 421 g/mol. The summed E-state index contributed by atoms with van der Waals surface area (Å²) < 4.78 is 0. The Morgan fingerprint density at radius 2 is 1.74 bits per heavy atom. The van der Waals surface area contributed by atoms with Crippen LogP contribution < -0.4 is 0 Å². The highest BCUT2D eigenvalue weighted by atomic mass is 32.2. The zero-order valence-corrected chi connectivity index (χ0v) is 18.2. The van der Waals surface area contributed by atoms with Gasteiger partial charge in [-0.05, 0) is 24.7 Å². The Hall–Kier alpha value is -0.800. The van der Waals surface area contributed by atoms with Gasteiger partial charge < -0.3 is 5.11 Å². The molecule has 0 radical (unpaired) electrons. The van der Waals surface area contributed by atoms with Crippen molar-refractivity contribution in [1.29, 1.82) is 0 Å². The second-order valence-electron chi connectivity index (χ2n) is 7.31. The minimum absolute atomic E-state index is 0.0139. The Balaban J connectivity index is 0.000000271. The van der Waals surface area contributed by atoms with Crippen molar-refractivity contribution in [3.63, 3.8) is 0 Å². The molecule has 0 bridgehead atoms. The topological polar surface area (TPSA) is 107 Å². The average Bonchev–Trinajstić information content (AvgIpc) is 3.22. The molecule has 0 saturated carbocycles. The molecule has 0 amide bonds. The highest BCUT2D eigenvalue weighted by Crippen LogP contribution is 2.36. The number of rotatable bonds is 8. The third kappa shape index (κ3) is 6.94. The third-order valence-electron chi connectivity index (χ3n) is 5.07. The smallest absolute Gasteiger partial charge is 0.256 e. The summed E-state index contributed by atoms with van der Waals surface area (Å²) in [5, 5.41) is 31.0. The molecule has 1 fully saturated rings. The van der Waals surface area contributed by atoms with Crippen LogP contribution >= 0.6 is 23.5 Å². The third-order valence-corrected chi connectivity index (χ3v) is 8.16. The van der Waals surface area contributed by atoms with Crippen LogP contribution in [-0.2, 0) is 0 Å². The van der Waals surface area contributed by atoms with E-state index in [1.54, 1.807) is 29.6 Å². The van der Waals surface area contributed by atoms with Crippen molar-refractivity contribution < 1.29 is 15.0 Å². The van der Waals surface area contributed by atoms with Crippen LogP contribution in [0.1, 0.15) is 53.4 Å². The zero-order valence-electron chi connectivity index (χ0n) is 16.6. The highest BCUT2D eigenvalue weighted by molar-refractivity contribution is 8.00. The Labute approximate surface area is 170 Å². The van der Waals surface area contributed by atoms with E-state index >= 15 is 0 Å². The van der Waals surface area contributed by atoms with E-state index in [-0.39, 0.29) is 20.3 Å². The quantitative estimate of drug-likeness (QED) is 0.462. The molecule has 6 atom stereocenters. The van der Waals surface area contributed by atoms with Crippen molar-refractivity contribution in [1.82, 2.24) is 0 Å². The standard InChI is InChI=1S/C9H17NO3S.C9H15NO2S/c1-3-4-6(2)9-8(10(12)13)7(11)5-14-9;1-3-4-7(2)9-8(10(11)12)5-6-13-9/h6-9,11H,3-5H2,1-2H3;5,7,9H,3-4,6H2,1-2H3. The van der Waals surface area contributed by atoms with Crippen molar-refractivity contribution in [2.45, 2.75) is 76.0 Å². The van der Waals surface area contributed by atoms with Crippen LogP contribution in [0.4, 0.5) is 0 Å². The number of thioether (sulfide) groups is 2. The van der Waals surface area contributed by atoms with Crippen LogP contribution in [0.3, 0.4) is 0 Å². The molecule has 7 nitrogen and oxygen atoms in total. The molecule has 0 aromatic carbocycles. The molecular weight excluding hydrogens is 388 g/mol. The molecule has 2 heterocycles. The van der Waals surface area contributed by atoms with Gasteiger partial charge in [0.2, 0.25) is 0 Å². The lowest BCUT2D eigenvalue weighted by Gasteiger charge is -2.19. The SMILES string of the molecule is CCCC(C)C1SCC(O)C1[N+](=O)[O-].CCCC(C)C1SCC=C1[N+](=O)[O-]. The summed E-state index contributed by atoms with van der Waals surface area (Å²) in [5.74, 6) is 2.05. The van der Waals surface area contributed by atoms with Gasteiger partial charge in [0.15, 0.2) is 0 Å². The molecule has 6 unspecified atom stereocenters. The Morgan fingerprint density at radius 3 is 2.26 bits per heavy atom. The lowest BCUT2D eigenvalue weighted by atomic mass is 9.95. The summed E-state index contributed by atoms with van der Waals surface area (Å²) in [6.45, 7) is 8.33. The van der Waals surface area contributed by atoms with Gasteiger partial charge in [0, 0.05) is 22.5 Å². The maximum absolute atomic E-state index is 10.8. The van der Waals surface area contributed by atoms with E-state index in [1.807, 2.05) is 6.92 Å². The molecule has 0 aromatic rings. The van der Waals surface area contributed by atoms with E-state index in [0.29, 0.717) is 23.3 Å². The van der Waals surface area contributed by atoms with Crippen molar-refractivity contribution in [2.24, 2.45) is 11.8 Å². The first-order valence-corrected chi connectivity index (χ1v) is 11.7. The van der Waals surface area contributed by atoms with Crippen molar-refractivity contribution in [3.05, 3.63) is 32.0 Å². The second-order valence-corrected chi connectivity index (χ2v) is 9.70. The van der Waals surface area contributed by atoms with Crippen molar-refractivity contribution in [2.75, 3.05) is 11.5 Å². The monoisotopic (exact) mass is 420 g/mol. The van der Waals surface area contributed by atoms with Crippen molar-refractivity contribution >= 4 is 23.5 Å². The molecule has 2 rings (SSSR count). The summed E-state index contributed by atoms with van der Waals surface area (Å²) >= 11 is 3.24. The van der Waals surface area contributed by atoms with Gasteiger partial charge in [-0.3, -0.25) is 20.2 Å². The van der Waals surface area contributed by atoms with Gasteiger partial charge in [0.25, 0.3) is 11.7 Å². The van der Waals surface area contributed by atoms with Crippen LogP contribution in [0.15, 0.2) is 11.8 Å². The van der Waals surface area contributed by atoms with E-state index in [1.165, 1.54) is 0 Å². The Kier molecular flexibility index (Phi) is 10.7. The molecule has 2 aliphatic rings.